The van der Waals surface area contributed by atoms with Crippen molar-refractivity contribution in [2.24, 2.45) is 0 Å². The number of benzene rings is 8. The molecular weight excluding hydrogens is 767 g/mol. The Labute approximate surface area is 325 Å². The summed E-state index contributed by atoms with van der Waals surface area (Å²) >= 11 is -0.191. The van der Waals surface area contributed by atoms with Crippen molar-refractivity contribution in [1.82, 2.24) is 9.13 Å². The van der Waals surface area contributed by atoms with Crippen molar-refractivity contribution < 1.29 is 21.2 Å². The van der Waals surface area contributed by atoms with Crippen molar-refractivity contribution >= 4 is 43.6 Å². The molecule has 0 amide bonds. The van der Waals surface area contributed by atoms with Gasteiger partial charge in [0.05, 0.1) is 11.2 Å². The molecule has 54 heavy (non-hydrogen) atoms. The molecule has 11 rings (SSSR count). The van der Waals surface area contributed by atoms with Crippen LogP contribution in [-0.4, -0.2) is 9.13 Å². The van der Waals surface area contributed by atoms with Gasteiger partial charge >= 0.3 is 202 Å². The fourth-order valence-electron chi connectivity index (χ4n) is 8.99. The van der Waals surface area contributed by atoms with Crippen molar-refractivity contribution in [2.45, 2.75) is 20.3 Å². The Morgan fingerprint density at radius 3 is 1.61 bits per heavy atom. The van der Waals surface area contributed by atoms with E-state index in [0.29, 0.717) is 0 Å². The van der Waals surface area contributed by atoms with Gasteiger partial charge in [-0.15, -0.1) is 0 Å². The predicted octanol–water partition coefficient (Wildman–Crippen LogP) is 10.2. The van der Waals surface area contributed by atoms with Gasteiger partial charge in [-0.25, -0.2) is 0 Å². The SMILES string of the molecule is CCc1ccccc1-c1c(C)cccc1-n1c2ccccc2c2cc(-c3ccc4c(c3)c3ccccc3n4-c3cccc4c3-c3ccccc3[I-]4)ccc21. The van der Waals surface area contributed by atoms with E-state index in [2.05, 4.69) is 193 Å². The van der Waals surface area contributed by atoms with Gasteiger partial charge in [-0.3, -0.25) is 0 Å². The Morgan fingerprint density at radius 1 is 0.426 bits per heavy atom. The van der Waals surface area contributed by atoms with Crippen LogP contribution in [0, 0.1) is 14.1 Å². The van der Waals surface area contributed by atoms with Crippen molar-refractivity contribution in [3.63, 3.8) is 0 Å². The van der Waals surface area contributed by atoms with E-state index in [1.165, 1.54) is 107 Å². The summed E-state index contributed by atoms with van der Waals surface area (Å²) in [5.74, 6) is 0. The third-order valence-electron chi connectivity index (χ3n) is 11.4. The Balaban J connectivity index is 1.11. The molecule has 0 saturated heterocycles. The maximum absolute atomic E-state index is 2.51. The molecule has 3 heteroatoms. The zero-order valence-electron chi connectivity index (χ0n) is 30.1. The monoisotopic (exact) mass is 803 g/mol. The van der Waals surface area contributed by atoms with E-state index in [1.54, 1.807) is 0 Å². The van der Waals surface area contributed by atoms with Crippen LogP contribution in [0.2, 0.25) is 0 Å². The quantitative estimate of drug-likeness (QED) is 0.154. The number of aryl methyl sites for hydroxylation is 2. The van der Waals surface area contributed by atoms with E-state index in [0.717, 1.165) is 6.42 Å². The maximum atomic E-state index is 2.51. The van der Waals surface area contributed by atoms with E-state index in [-0.39, 0.29) is 21.2 Å². The zero-order chi connectivity index (χ0) is 35.9. The number of nitrogens with zero attached hydrogens (tertiary/aromatic N) is 2. The van der Waals surface area contributed by atoms with Crippen LogP contribution in [0.1, 0.15) is 18.1 Å². The third kappa shape index (κ3) is 4.64. The van der Waals surface area contributed by atoms with Crippen LogP contribution in [0.15, 0.2) is 170 Å². The molecule has 0 unspecified atom stereocenters. The first-order valence-electron chi connectivity index (χ1n) is 18.8. The van der Waals surface area contributed by atoms with E-state index in [9.17, 15) is 0 Å². The summed E-state index contributed by atoms with van der Waals surface area (Å²) in [5.41, 5.74) is 18.0. The number of hydrogen-bond acceptors (Lipinski definition) is 0. The number of hydrogen-bond donors (Lipinski definition) is 0. The molecule has 0 radical (unpaired) electrons. The van der Waals surface area contributed by atoms with Gasteiger partial charge in [0.2, 0.25) is 0 Å². The summed E-state index contributed by atoms with van der Waals surface area (Å²) in [6.45, 7) is 4.50. The second kappa shape index (κ2) is 12.3. The molecule has 0 bridgehead atoms. The molecular formula is C51H36IN2-. The number of halogens is 1. The molecule has 258 valence electrons. The van der Waals surface area contributed by atoms with Gasteiger partial charge in [0.25, 0.3) is 0 Å². The van der Waals surface area contributed by atoms with E-state index in [4.69, 9.17) is 0 Å². The molecule has 8 aromatic carbocycles. The van der Waals surface area contributed by atoms with Gasteiger partial charge in [0, 0.05) is 5.56 Å². The average molecular weight is 804 g/mol. The predicted molar refractivity (Wildman–Crippen MR) is 223 cm³/mol. The van der Waals surface area contributed by atoms with Gasteiger partial charge < -0.3 is 4.57 Å². The molecule has 0 spiro atoms. The molecule has 10 aromatic rings. The molecule has 0 aliphatic carbocycles. The van der Waals surface area contributed by atoms with Gasteiger partial charge in [-0.2, -0.15) is 0 Å². The first-order valence-corrected chi connectivity index (χ1v) is 21.0. The van der Waals surface area contributed by atoms with Crippen LogP contribution in [0.3, 0.4) is 0 Å². The molecule has 0 saturated carbocycles. The van der Waals surface area contributed by atoms with Gasteiger partial charge in [-0.1, -0.05) is 61.5 Å². The number of para-hydroxylation sites is 2. The van der Waals surface area contributed by atoms with Crippen LogP contribution in [0.5, 0.6) is 0 Å². The topological polar surface area (TPSA) is 9.86 Å². The molecule has 1 aliphatic rings. The first-order chi connectivity index (χ1) is 26.7. The zero-order valence-corrected chi connectivity index (χ0v) is 32.3. The van der Waals surface area contributed by atoms with Crippen LogP contribution in [-0.2, 0) is 6.42 Å². The molecule has 3 heterocycles. The fraction of sp³-hybridized carbons (Fsp3) is 0.0588. The second-order valence-electron chi connectivity index (χ2n) is 14.4. The number of aromatic nitrogens is 2. The standard InChI is InChI=1S/C51H36IN2/c1-3-33-15-4-5-16-36(33)50-32(2)14-12-24-48(50)53-44-22-10-7-17-37(44)40-30-34(26-28-46(40)53)35-27-29-47-41(31-35)38-18-8-11-23-45(38)54(47)49-25-13-21-43-51(49)39-19-6-9-20-42(39)52-43/h4-31H,3H2,1-2H3/q-1. The second-order valence-corrected chi connectivity index (χ2v) is 17.2. The van der Waals surface area contributed by atoms with Gasteiger partial charge in [0.15, 0.2) is 0 Å². The number of rotatable bonds is 5. The minimum absolute atomic E-state index is 0.191. The summed E-state index contributed by atoms with van der Waals surface area (Å²) in [4.78, 5) is 0. The molecule has 0 fully saturated rings. The fourth-order valence-corrected chi connectivity index (χ4v) is 12.0. The Hall–Kier alpha value is -5.91. The van der Waals surface area contributed by atoms with Crippen LogP contribution >= 0.6 is 0 Å². The van der Waals surface area contributed by atoms with E-state index >= 15 is 0 Å². The van der Waals surface area contributed by atoms with Crippen LogP contribution < -0.4 is 21.2 Å². The number of fused-ring (bicyclic) bond motifs is 9. The van der Waals surface area contributed by atoms with Gasteiger partial charge in [0.1, 0.15) is 0 Å². The summed E-state index contributed by atoms with van der Waals surface area (Å²) < 4.78 is 8.02. The van der Waals surface area contributed by atoms with Crippen LogP contribution in [0.4, 0.5) is 0 Å². The summed E-state index contributed by atoms with van der Waals surface area (Å²) in [6, 6.07) is 63.5. The van der Waals surface area contributed by atoms with Crippen molar-refractivity contribution in [2.75, 3.05) is 0 Å². The average Bonchev–Trinajstić information content (AvgIpc) is 3.88. The normalized spacial score (nSPS) is 12.4. The molecule has 1 aliphatic heterocycles. The van der Waals surface area contributed by atoms with Crippen molar-refractivity contribution in [3.05, 3.63) is 188 Å². The molecule has 0 atom stereocenters. The van der Waals surface area contributed by atoms with E-state index < -0.39 is 0 Å². The third-order valence-corrected chi connectivity index (χ3v) is 14.4. The molecule has 2 aromatic heterocycles. The Bertz CT molecular complexity index is 3140. The summed E-state index contributed by atoms with van der Waals surface area (Å²) in [6.07, 6.45) is 0.992. The van der Waals surface area contributed by atoms with Crippen LogP contribution in [0.25, 0.3) is 88.4 Å². The van der Waals surface area contributed by atoms with Crippen molar-refractivity contribution in [1.29, 1.82) is 0 Å². The van der Waals surface area contributed by atoms with Gasteiger partial charge in [-0.05, 0) is 42.2 Å². The minimum atomic E-state index is -0.191. The van der Waals surface area contributed by atoms with Crippen molar-refractivity contribution in [3.8, 4) is 44.8 Å². The molecule has 2 nitrogen and oxygen atoms in total. The summed E-state index contributed by atoms with van der Waals surface area (Å²) in [5, 5.41) is 5.10. The van der Waals surface area contributed by atoms with E-state index in [1.807, 2.05) is 0 Å². The first kappa shape index (κ1) is 31.6. The molecule has 0 N–H and O–H groups in total. The summed E-state index contributed by atoms with van der Waals surface area (Å²) in [7, 11) is 0. The Kier molecular flexibility index (Phi) is 7.21. The Morgan fingerprint density at radius 2 is 0.944 bits per heavy atom.